The van der Waals surface area contributed by atoms with E-state index in [0.29, 0.717) is 30.3 Å². The zero-order chi connectivity index (χ0) is 17.9. The number of aryl methyl sites for hydroxylation is 1. The Hall–Kier alpha value is -3.23. The second-order valence-corrected chi connectivity index (χ2v) is 6.00. The van der Waals surface area contributed by atoms with Gasteiger partial charge in [0, 0.05) is 18.0 Å². The maximum atomic E-state index is 12.9. The van der Waals surface area contributed by atoms with E-state index in [-0.39, 0.29) is 24.2 Å². The first-order valence-corrected chi connectivity index (χ1v) is 8.21. The molecule has 0 aromatic carbocycles. The minimum Gasteiger partial charge on any atom is -0.467 e. The fourth-order valence-corrected chi connectivity index (χ4v) is 2.94. The van der Waals surface area contributed by atoms with Gasteiger partial charge in [-0.25, -0.2) is 14.4 Å². The summed E-state index contributed by atoms with van der Waals surface area (Å²) in [5, 5.41) is 9.85. The van der Waals surface area contributed by atoms with Gasteiger partial charge >= 0.3 is 0 Å². The number of fused-ring (bicyclic) bond motifs is 1. The Kier molecular flexibility index (Phi) is 4.34. The van der Waals surface area contributed by atoms with E-state index in [1.54, 1.807) is 18.4 Å². The van der Waals surface area contributed by atoms with Crippen LogP contribution in [0, 0.1) is 5.82 Å². The molecule has 1 amide bonds. The third-order valence-corrected chi connectivity index (χ3v) is 4.21. The summed E-state index contributed by atoms with van der Waals surface area (Å²) < 4.78 is 23.4. The van der Waals surface area contributed by atoms with Crippen LogP contribution in [0.3, 0.4) is 0 Å². The SMILES string of the molecule is O=C(NCc1ccco1)c1noc2c1CC(Nc1ncc(F)cn1)CC2. The van der Waals surface area contributed by atoms with E-state index in [2.05, 4.69) is 25.8 Å². The third kappa shape index (κ3) is 3.41. The molecule has 4 rings (SSSR count). The normalized spacial score (nSPS) is 16.1. The zero-order valence-electron chi connectivity index (χ0n) is 13.7. The van der Waals surface area contributed by atoms with Gasteiger partial charge in [-0.1, -0.05) is 5.16 Å². The molecule has 26 heavy (non-hydrogen) atoms. The summed E-state index contributed by atoms with van der Waals surface area (Å²) in [6, 6.07) is 3.54. The van der Waals surface area contributed by atoms with E-state index in [1.807, 2.05) is 0 Å². The molecule has 0 saturated carbocycles. The molecule has 9 heteroatoms. The van der Waals surface area contributed by atoms with Crippen LogP contribution >= 0.6 is 0 Å². The van der Waals surface area contributed by atoms with Gasteiger partial charge < -0.3 is 19.6 Å². The number of amides is 1. The molecule has 3 heterocycles. The number of carbonyl (C=O) groups is 1. The maximum absolute atomic E-state index is 12.9. The summed E-state index contributed by atoms with van der Waals surface area (Å²) >= 11 is 0. The molecule has 8 nitrogen and oxygen atoms in total. The average Bonchev–Trinajstić information content (AvgIpc) is 3.31. The van der Waals surface area contributed by atoms with Crippen molar-refractivity contribution in [2.45, 2.75) is 31.8 Å². The lowest BCUT2D eigenvalue weighted by Gasteiger charge is -2.22. The molecule has 3 aromatic heterocycles. The van der Waals surface area contributed by atoms with E-state index in [1.165, 1.54) is 0 Å². The largest absolute Gasteiger partial charge is 0.467 e. The Morgan fingerprint density at radius 2 is 2.19 bits per heavy atom. The van der Waals surface area contributed by atoms with Crippen molar-refractivity contribution in [1.82, 2.24) is 20.4 Å². The van der Waals surface area contributed by atoms with E-state index >= 15 is 0 Å². The number of hydrogen-bond donors (Lipinski definition) is 2. The number of furan rings is 1. The molecule has 2 N–H and O–H groups in total. The van der Waals surface area contributed by atoms with E-state index in [0.717, 1.165) is 24.4 Å². The molecule has 1 aliphatic rings. The van der Waals surface area contributed by atoms with Crippen LogP contribution in [0.2, 0.25) is 0 Å². The van der Waals surface area contributed by atoms with Crippen LogP contribution in [0.1, 0.15) is 34.0 Å². The topological polar surface area (TPSA) is 106 Å². The van der Waals surface area contributed by atoms with Crippen molar-refractivity contribution in [2.24, 2.45) is 0 Å². The van der Waals surface area contributed by atoms with Gasteiger partial charge in [-0.15, -0.1) is 0 Å². The molecule has 0 radical (unpaired) electrons. The minimum atomic E-state index is -0.490. The van der Waals surface area contributed by atoms with Gasteiger partial charge in [0.25, 0.3) is 5.91 Å². The van der Waals surface area contributed by atoms with Crippen LogP contribution in [0.15, 0.2) is 39.7 Å². The van der Waals surface area contributed by atoms with E-state index < -0.39 is 5.82 Å². The summed E-state index contributed by atoms with van der Waals surface area (Å²) in [6.07, 6.45) is 5.73. The monoisotopic (exact) mass is 357 g/mol. The molecule has 1 atom stereocenters. The summed E-state index contributed by atoms with van der Waals surface area (Å²) in [6.45, 7) is 0.276. The van der Waals surface area contributed by atoms with Crippen LogP contribution in [0.5, 0.6) is 0 Å². The lowest BCUT2D eigenvalue weighted by atomic mass is 9.92. The van der Waals surface area contributed by atoms with Gasteiger partial charge in [0.05, 0.1) is 25.2 Å². The highest BCUT2D eigenvalue weighted by atomic mass is 19.1. The van der Waals surface area contributed by atoms with Crippen LogP contribution < -0.4 is 10.6 Å². The zero-order valence-corrected chi connectivity index (χ0v) is 13.7. The first-order valence-electron chi connectivity index (χ1n) is 8.21. The predicted octanol–water partition coefficient (Wildman–Crippen LogP) is 2.10. The van der Waals surface area contributed by atoms with Crippen molar-refractivity contribution in [2.75, 3.05) is 5.32 Å². The van der Waals surface area contributed by atoms with Crippen molar-refractivity contribution in [3.05, 3.63) is 59.4 Å². The smallest absolute Gasteiger partial charge is 0.274 e. The average molecular weight is 357 g/mol. The molecule has 1 aliphatic carbocycles. The van der Waals surface area contributed by atoms with Crippen LogP contribution in [0.4, 0.5) is 10.3 Å². The lowest BCUT2D eigenvalue weighted by molar-refractivity contribution is 0.0938. The van der Waals surface area contributed by atoms with E-state index in [9.17, 15) is 9.18 Å². The van der Waals surface area contributed by atoms with Gasteiger partial charge in [-0.3, -0.25) is 4.79 Å². The molecule has 0 fully saturated rings. The second kappa shape index (κ2) is 6.95. The Balaban J connectivity index is 1.43. The van der Waals surface area contributed by atoms with Gasteiger partial charge in [-0.05, 0) is 25.0 Å². The summed E-state index contributed by atoms with van der Waals surface area (Å²) in [7, 11) is 0. The summed E-state index contributed by atoms with van der Waals surface area (Å²) in [5.41, 5.74) is 1.05. The maximum Gasteiger partial charge on any atom is 0.274 e. The number of nitrogens with zero attached hydrogens (tertiary/aromatic N) is 3. The Bertz CT molecular complexity index is 892. The molecule has 0 bridgehead atoms. The van der Waals surface area contributed by atoms with Crippen LogP contribution in [-0.4, -0.2) is 27.1 Å². The fourth-order valence-electron chi connectivity index (χ4n) is 2.94. The first kappa shape index (κ1) is 16.2. The number of aromatic nitrogens is 3. The van der Waals surface area contributed by atoms with Gasteiger partial charge in [-0.2, -0.15) is 0 Å². The van der Waals surface area contributed by atoms with Crippen molar-refractivity contribution >= 4 is 11.9 Å². The lowest BCUT2D eigenvalue weighted by Crippen LogP contribution is -2.30. The standard InChI is InChI=1S/C17H16FN5O3/c18-10-7-20-17(21-8-10)22-11-3-4-14-13(6-11)15(23-26-14)16(24)19-9-12-2-1-5-25-12/h1-2,5,7-8,11H,3-4,6,9H2,(H,19,24)(H,20,21,22). The minimum absolute atomic E-state index is 0.00369. The predicted molar refractivity (Wildman–Crippen MR) is 87.8 cm³/mol. The van der Waals surface area contributed by atoms with Gasteiger partial charge in [0.1, 0.15) is 11.5 Å². The van der Waals surface area contributed by atoms with E-state index in [4.69, 9.17) is 8.94 Å². The summed E-state index contributed by atoms with van der Waals surface area (Å²) in [4.78, 5) is 20.2. The molecule has 3 aromatic rings. The number of nitrogens with one attached hydrogen (secondary N) is 2. The highest BCUT2D eigenvalue weighted by Gasteiger charge is 2.29. The van der Waals surface area contributed by atoms with Crippen molar-refractivity contribution in [1.29, 1.82) is 0 Å². The van der Waals surface area contributed by atoms with Crippen LogP contribution in [0.25, 0.3) is 0 Å². The second-order valence-electron chi connectivity index (χ2n) is 6.00. The summed E-state index contributed by atoms with van der Waals surface area (Å²) in [5.74, 6) is 0.913. The highest BCUT2D eigenvalue weighted by molar-refractivity contribution is 5.93. The molecular weight excluding hydrogens is 341 g/mol. The first-order chi connectivity index (χ1) is 12.7. The number of rotatable bonds is 5. The molecule has 0 aliphatic heterocycles. The molecule has 134 valence electrons. The Morgan fingerprint density at radius 1 is 1.35 bits per heavy atom. The Morgan fingerprint density at radius 3 is 2.96 bits per heavy atom. The van der Waals surface area contributed by atoms with Crippen molar-refractivity contribution < 1.29 is 18.1 Å². The van der Waals surface area contributed by atoms with Gasteiger partial charge in [0.15, 0.2) is 11.5 Å². The fraction of sp³-hybridized carbons (Fsp3) is 0.294. The molecular formula is C17H16FN5O3. The number of halogens is 1. The van der Waals surface area contributed by atoms with Crippen molar-refractivity contribution in [3.63, 3.8) is 0 Å². The number of carbonyl (C=O) groups excluding carboxylic acids is 1. The highest BCUT2D eigenvalue weighted by Crippen LogP contribution is 2.26. The quantitative estimate of drug-likeness (QED) is 0.720. The molecule has 1 unspecified atom stereocenters. The third-order valence-electron chi connectivity index (χ3n) is 4.21. The number of anilines is 1. The Labute approximate surface area is 147 Å². The number of hydrogen-bond acceptors (Lipinski definition) is 7. The molecule has 0 spiro atoms. The van der Waals surface area contributed by atoms with Crippen molar-refractivity contribution in [3.8, 4) is 0 Å². The van der Waals surface area contributed by atoms with Gasteiger partial charge in [0.2, 0.25) is 5.95 Å². The van der Waals surface area contributed by atoms with Crippen LogP contribution in [-0.2, 0) is 19.4 Å². The molecule has 0 saturated heterocycles.